The van der Waals surface area contributed by atoms with E-state index in [2.05, 4.69) is 49.1 Å². The van der Waals surface area contributed by atoms with Crippen LogP contribution in [-0.4, -0.2) is 41.9 Å². The van der Waals surface area contributed by atoms with Gasteiger partial charge in [0.05, 0.1) is 6.54 Å². The highest BCUT2D eigenvalue weighted by Gasteiger charge is 2.45. The molecule has 1 unspecified atom stereocenters. The Kier molecular flexibility index (Phi) is 5.82. The Bertz CT molecular complexity index is 844. The van der Waals surface area contributed by atoms with E-state index in [-0.39, 0.29) is 5.41 Å². The van der Waals surface area contributed by atoms with Crippen LogP contribution < -0.4 is 0 Å². The third-order valence-corrected chi connectivity index (χ3v) is 7.13. The van der Waals surface area contributed by atoms with Crippen molar-refractivity contribution in [2.75, 3.05) is 26.2 Å². The molecule has 0 radical (unpaired) electrons. The van der Waals surface area contributed by atoms with Crippen LogP contribution in [0.15, 0.2) is 40.8 Å². The van der Waals surface area contributed by atoms with Crippen molar-refractivity contribution in [3.63, 3.8) is 0 Å². The number of amides is 1. The number of carbonyl (C=O) groups is 1. The largest absolute Gasteiger partial charge is 0.465 e. The van der Waals surface area contributed by atoms with Crippen molar-refractivity contribution in [1.82, 2.24) is 9.80 Å². The molecule has 1 aromatic heterocycles. The van der Waals surface area contributed by atoms with E-state index in [1.165, 1.54) is 24.0 Å². The third-order valence-electron chi connectivity index (χ3n) is 7.13. The van der Waals surface area contributed by atoms with Gasteiger partial charge in [-0.3, -0.25) is 9.69 Å². The highest BCUT2D eigenvalue weighted by molar-refractivity contribution is 5.77. The first-order valence-corrected chi connectivity index (χ1v) is 11.2. The lowest BCUT2D eigenvalue weighted by Crippen LogP contribution is -2.41. The summed E-state index contributed by atoms with van der Waals surface area (Å²) in [4.78, 5) is 17.3. The van der Waals surface area contributed by atoms with E-state index in [1.54, 1.807) is 0 Å². The zero-order chi connectivity index (χ0) is 20.4. The van der Waals surface area contributed by atoms with E-state index >= 15 is 0 Å². The Labute approximate surface area is 174 Å². The molecule has 4 rings (SSSR count). The van der Waals surface area contributed by atoms with Gasteiger partial charge in [0, 0.05) is 19.5 Å². The van der Waals surface area contributed by atoms with Gasteiger partial charge in [0.25, 0.3) is 0 Å². The Balaban J connectivity index is 1.46. The number of hydrogen-bond acceptors (Lipinski definition) is 3. The SMILES string of the molecule is CCN(CC)C(=O)CC1CC2(CCN(Cc3ccc(C)o3)CC2)c2ccccc21. The summed E-state index contributed by atoms with van der Waals surface area (Å²) < 4.78 is 5.78. The minimum atomic E-state index is 0.236. The van der Waals surface area contributed by atoms with Crippen LogP contribution in [0.25, 0.3) is 0 Å². The molecule has 0 N–H and O–H groups in total. The number of hydrogen-bond donors (Lipinski definition) is 0. The Morgan fingerprint density at radius 1 is 1.14 bits per heavy atom. The van der Waals surface area contributed by atoms with Gasteiger partial charge in [-0.25, -0.2) is 0 Å². The van der Waals surface area contributed by atoms with Crippen molar-refractivity contribution in [3.05, 3.63) is 59.0 Å². The van der Waals surface area contributed by atoms with Crippen molar-refractivity contribution >= 4 is 5.91 Å². The lowest BCUT2D eigenvalue weighted by Gasteiger charge is -2.40. The number of fused-ring (bicyclic) bond motifs is 2. The van der Waals surface area contributed by atoms with Crippen LogP contribution >= 0.6 is 0 Å². The normalized spacial score (nSPS) is 20.7. The molecule has 1 saturated heterocycles. The summed E-state index contributed by atoms with van der Waals surface area (Å²) in [5.41, 5.74) is 3.16. The molecule has 1 atom stereocenters. The topological polar surface area (TPSA) is 36.7 Å². The monoisotopic (exact) mass is 394 g/mol. The molecule has 2 aromatic rings. The predicted octanol–water partition coefficient (Wildman–Crippen LogP) is 4.87. The van der Waals surface area contributed by atoms with Gasteiger partial charge < -0.3 is 9.32 Å². The summed E-state index contributed by atoms with van der Waals surface area (Å²) >= 11 is 0. The van der Waals surface area contributed by atoms with Gasteiger partial charge in [-0.05, 0) is 87.7 Å². The maximum Gasteiger partial charge on any atom is 0.223 e. The zero-order valence-electron chi connectivity index (χ0n) is 18.1. The minimum Gasteiger partial charge on any atom is -0.465 e. The number of aryl methyl sites for hydroxylation is 1. The molecule has 156 valence electrons. The van der Waals surface area contributed by atoms with Crippen LogP contribution in [0, 0.1) is 6.92 Å². The van der Waals surface area contributed by atoms with Gasteiger partial charge in [-0.1, -0.05) is 24.3 Å². The van der Waals surface area contributed by atoms with Crippen molar-refractivity contribution in [1.29, 1.82) is 0 Å². The van der Waals surface area contributed by atoms with Gasteiger partial charge in [-0.2, -0.15) is 0 Å². The number of carbonyl (C=O) groups excluding carboxylic acids is 1. The second kappa shape index (κ2) is 8.35. The third kappa shape index (κ3) is 4.00. The molecule has 0 saturated carbocycles. The number of furan rings is 1. The number of piperidine rings is 1. The molecule has 2 heterocycles. The molecule has 1 aliphatic carbocycles. The molecule has 4 heteroatoms. The standard InChI is InChI=1S/C25H34N2O2/c1-4-27(5-2)24(28)16-20-17-25(23-9-7-6-8-22(20)23)12-14-26(15-13-25)18-21-11-10-19(3)29-21/h6-11,20H,4-5,12-18H2,1-3H3. The lowest BCUT2D eigenvalue weighted by molar-refractivity contribution is -0.131. The first kappa shape index (κ1) is 20.2. The molecule has 1 aliphatic heterocycles. The number of nitrogens with zero attached hydrogens (tertiary/aromatic N) is 2. The van der Waals surface area contributed by atoms with Crippen LogP contribution in [0.5, 0.6) is 0 Å². The first-order chi connectivity index (χ1) is 14.0. The number of benzene rings is 1. The smallest absolute Gasteiger partial charge is 0.223 e. The Hall–Kier alpha value is -2.07. The van der Waals surface area contributed by atoms with Gasteiger partial charge in [0.1, 0.15) is 11.5 Å². The summed E-state index contributed by atoms with van der Waals surface area (Å²) in [6.45, 7) is 10.8. The Morgan fingerprint density at radius 3 is 2.52 bits per heavy atom. The van der Waals surface area contributed by atoms with Crippen LogP contribution in [0.3, 0.4) is 0 Å². The Morgan fingerprint density at radius 2 is 1.86 bits per heavy atom. The molecule has 1 fully saturated rings. The van der Waals surface area contributed by atoms with E-state index in [0.29, 0.717) is 18.2 Å². The van der Waals surface area contributed by atoms with Gasteiger partial charge in [-0.15, -0.1) is 0 Å². The van der Waals surface area contributed by atoms with Crippen molar-refractivity contribution in [3.8, 4) is 0 Å². The fourth-order valence-corrected chi connectivity index (χ4v) is 5.53. The summed E-state index contributed by atoms with van der Waals surface area (Å²) in [5.74, 6) is 2.71. The fraction of sp³-hybridized carbons (Fsp3) is 0.560. The maximum atomic E-state index is 12.8. The van der Waals surface area contributed by atoms with Gasteiger partial charge in [0.15, 0.2) is 0 Å². The minimum absolute atomic E-state index is 0.236. The average molecular weight is 395 g/mol. The summed E-state index contributed by atoms with van der Waals surface area (Å²) in [6.07, 6.45) is 4.10. The second-order valence-electron chi connectivity index (χ2n) is 8.83. The molecule has 1 aromatic carbocycles. The maximum absolute atomic E-state index is 12.8. The highest BCUT2D eigenvalue weighted by atomic mass is 16.3. The molecule has 1 amide bonds. The summed E-state index contributed by atoms with van der Waals surface area (Å²) in [5, 5.41) is 0. The van der Waals surface area contributed by atoms with Crippen molar-refractivity contribution in [2.45, 2.75) is 64.3 Å². The summed E-state index contributed by atoms with van der Waals surface area (Å²) in [6, 6.07) is 13.0. The number of likely N-dealkylation sites (tertiary alicyclic amines) is 1. The van der Waals surface area contributed by atoms with Crippen LogP contribution in [-0.2, 0) is 16.8 Å². The van der Waals surface area contributed by atoms with E-state index in [1.807, 2.05) is 17.9 Å². The lowest BCUT2D eigenvalue weighted by atomic mass is 9.73. The van der Waals surface area contributed by atoms with Gasteiger partial charge >= 0.3 is 0 Å². The number of rotatable bonds is 6. The molecule has 0 bridgehead atoms. The van der Waals surface area contributed by atoms with Crippen molar-refractivity contribution < 1.29 is 9.21 Å². The average Bonchev–Trinajstić information content (AvgIpc) is 3.27. The molecular formula is C25H34N2O2. The van der Waals surface area contributed by atoms with Crippen LogP contribution in [0.4, 0.5) is 0 Å². The van der Waals surface area contributed by atoms with E-state index in [0.717, 1.165) is 50.7 Å². The molecule has 4 nitrogen and oxygen atoms in total. The van der Waals surface area contributed by atoms with E-state index < -0.39 is 0 Å². The van der Waals surface area contributed by atoms with Crippen LogP contribution in [0.1, 0.15) is 68.1 Å². The highest BCUT2D eigenvalue weighted by Crippen LogP contribution is 2.52. The molecule has 2 aliphatic rings. The quantitative estimate of drug-likeness (QED) is 0.701. The molecule has 29 heavy (non-hydrogen) atoms. The molecule has 1 spiro atoms. The van der Waals surface area contributed by atoms with Crippen LogP contribution in [0.2, 0.25) is 0 Å². The van der Waals surface area contributed by atoms with Crippen molar-refractivity contribution in [2.24, 2.45) is 0 Å². The first-order valence-electron chi connectivity index (χ1n) is 11.2. The fourth-order valence-electron chi connectivity index (χ4n) is 5.53. The molecular weight excluding hydrogens is 360 g/mol. The summed E-state index contributed by atoms with van der Waals surface area (Å²) in [7, 11) is 0. The van der Waals surface area contributed by atoms with Gasteiger partial charge in [0.2, 0.25) is 5.91 Å². The van der Waals surface area contributed by atoms with E-state index in [4.69, 9.17) is 4.42 Å². The van der Waals surface area contributed by atoms with E-state index in [9.17, 15) is 4.79 Å². The predicted molar refractivity (Wildman–Crippen MR) is 116 cm³/mol. The zero-order valence-corrected chi connectivity index (χ0v) is 18.1. The second-order valence-corrected chi connectivity index (χ2v) is 8.83.